The van der Waals surface area contributed by atoms with Crippen molar-refractivity contribution in [3.63, 3.8) is 0 Å². The molecule has 2 aromatic heterocycles. The van der Waals surface area contributed by atoms with Crippen LogP contribution in [0.4, 0.5) is 5.69 Å². The van der Waals surface area contributed by atoms with Gasteiger partial charge in [-0.25, -0.2) is 4.98 Å². The lowest BCUT2D eigenvalue weighted by Gasteiger charge is -2.09. The first-order chi connectivity index (χ1) is 13.5. The molecule has 0 aliphatic rings. The molecule has 6 nitrogen and oxygen atoms in total. The predicted molar refractivity (Wildman–Crippen MR) is 108 cm³/mol. The largest absolute Gasteiger partial charge is 0.494 e. The van der Waals surface area contributed by atoms with E-state index >= 15 is 0 Å². The Kier molecular flexibility index (Phi) is 4.90. The molecule has 0 fully saturated rings. The maximum absolute atomic E-state index is 12.6. The zero-order valence-corrected chi connectivity index (χ0v) is 16.1. The molecule has 2 heterocycles. The summed E-state index contributed by atoms with van der Waals surface area (Å²) in [6, 6.07) is 11.8. The van der Waals surface area contributed by atoms with Crippen LogP contribution in [-0.4, -0.2) is 23.0 Å². The number of nitrogens with one attached hydrogen (secondary N) is 1. The normalized spacial score (nSPS) is 10.8. The Morgan fingerprint density at radius 3 is 2.46 bits per heavy atom. The molecule has 0 aliphatic heterocycles. The molecule has 0 saturated carbocycles. The molecule has 1 N–H and O–H groups in total. The van der Waals surface area contributed by atoms with Crippen LogP contribution in [0.2, 0.25) is 10.0 Å². The molecule has 0 atom stereocenters. The van der Waals surface area contributed by atoms with Gasteiger partial charge in [-0.15, -0.1) is 0 Å². The van der Waals surface area contributed by atoms with Gasteiger partial charge in [-0.1, -0.05) is 23.2 Å². The summed E-state index contributed by atoms with van der Waals surface area (Å²) in [5.41, 5.74) is 2.93. The number of hydrogen-bond acceptors (Lipinski definition) is 5. The smallest absolute Gasteiger partial charge is 0.255 e. The quantitative estimate of drug-likeness (QED) is 0.480. The van der Waals surface area contributed by atoms with Crippen LogP contribution < -0.4 is 10.1 Å². The topological polar surface area (TPSA) is 77.2 Å². The molecule has 140 valence electrons. The van der Waals surface area contributed by atoms with E-state index in [1.54, 1.807) is 30.6 Å². The van der Waals surface area contributed by atoms with Crippen molar-refractivity contribution in [3.05, 3.63) is 70.5 Å². The number of carbonyl (C=O) groups is 1. The molecule has 0 unspecified atom stereocenters. The van der Waals surface area contributed by atoms with Gasteiger partial charge >= 0.3 is 0 Å². The highest BCUT2D eigenvalue weighted by Gasteiger charge is 2.15. The fourth-order valence-electron chi connectivity index (χ4n) is 2.71. The molecular formula is C20H13Cl2N3O3. The second kappa shape index (κ2) is 7.50. The lowest BCUT2D eigenvalue weighted by atomic mass is 10.2. The molecule has 28 heavy (non-hydrogen) atoms. The second-order valence-corrected chi connectivity index (χ2v) is 6.68. The molecule has 0 saturated heterocycles. The van der Waals surface area contributed by atoms with Crippen LogP contribution in [-0.2, 0) is 0 Å². The number of pyridine rings is 1. The van der Waals surface area contributed by atoms with Crippen LogP contribution in [0, 0.1) is 0 Å². The van der Waals surface area contributed by atoms with Gasteiger partial charge in [-0.3, -0.25) is 9.78 Å². The molecule has 0 spiro atoms. The summed E-state index contributed by atoms with van der Waals surface area (Å²) in [4.78, 5) is 21.0. The number of fused-ring (bicyclic) bond motifs is 1. The summed E-state index contributed by atoms with van der Waals surface area (Å²) >= 11 is 12.2. The van der Waals surface area contributed by atoms with Gasteiger partial charge in [0, 0.05) is 29.2 Å². The Morgan fingerprint density at radius 2 is 1.79 bits per heavy atom. The number of benzene rings is 2. The van der Waals surface area contributed by atoms with Crippen LogP contribution in [0.5, 0.6) is 5.75 Å². The zero-order chi connectivity index (χ0) is 19.7. The van der Waals surface area contributed by atoms with E-state index in [1.807, 2.05) is 12.1 Å². The third-order valence-corrected chi connectivity index (χ3v) is 4.60. The van der Waals surface area contributed by atoms with E-state index in [0.29, 0.717) is 34.0 Å². The molecule has 1 amide bonds. The summed E-state index contributed by atoms with van der Waals surface area (Å²) in [6.07, 6.45) is 3.34. The van der Waals surface area contributed by atoms with Crippen LogP contribution in [0.1, 0.15) is 10.4 Å². The SMILES string of the molecule is COc1c(Cl)cc(C(=O)Nc2ccc3oc(-c4ccncc4)nc3c2)cc1Cl. The van der Waals surface area contributed by atoms with Crippen molar-refractivity contribution in [2.75, 3.05) is 12.4 Å². The highest BCUT2D eigenvalue weighted by atomic mass is 35.5. The number of rotatable bonds is 4. The third kappa shape index (κ3) is 3.52. The number of oxazole rings is 1. The highest BCUT2D eigenvalue weighted by Crippen LogP contribution is 2.34. The van der Waals surface area contributed by atoms with Gasteiger partial charge in [0.2, 0.25) is 5.89 Å². The number of ether oxygens (including phenoxy) is 1. The molecule has 0 aliphatic carbocycles. The van der Waals surface area contributed by atoms with Crippen molar-refractivity contribution in [3.8, 4) is 17.2 Å². The molecular weight excluding hydrogens is 401 g/mol. The first-order valence-electron chi connectivity index (χ1n) is 8.20. The standard InChI is InChI=1S/C20H13Cl2N3O3/c1-27-18-14(21)8-12(9-15(18)22)19(26)24-13-2-3-17-16(10-13)25-20(28-17)11-4-6-23-7-5-11/h2-10H,1H3,(H,24,26). The van der Waals surface area contributed by atoms with E-state index < -0.39 is 0 Å². The minimum absolute atomic E-state index is 0.258. The van der Waals surface area contributed by atoms with Crippen molar-refractivity contribution < 1.29 is 13.9 Å². The number of aromatic nitrogens is 2. The zero-order valence-electron chi connectivity index (χ0n) is 14.6. The molecule has 4 aromatic rings. The number of methoxy groups -OCH3 is 1. The Morgan fingerprint density at radius 1 is 1.07 bits per heavy atom. The minimum atomic E-state index is -0.358. The minimum Gasteiger partial charge on any atom is -0.494 e. The number of amides is 1. The Balaban J connectivity index is 1.60. The summed E-state index contributed by atoms with van der Waals surface area (Å²) in [5, 5.41) is 3.32. The van der Waals surface area contributed by atoms with E-state index in [2.05, 4.69) is 15.3 Å². The lowest BCUT2D eigenvalue weighted by Crippen LogP contribution is -2.12. The van der Waals surface area contributed by atoms with Gasteiger partial charge in [0.1, 0.15) is 5.52 Å². The third-order valence-electron chi connectivity index (χ3n) is 4.04. The van der Waals surface area contributed by atoms with E-state index in [0.717, 1.165) is 5.56 Å². The molecule has 2 aromatic carbocycles. The Labute approximate surface area is 170 Å². The summed E-state index contributed by atoms with van der Waals surface area (Å²) in [6.45, 7) is 0. The van der Waals surface area contributed by atoms with Crippen LogP contribution in [0.25, 0.3) is 22.6 Å². The maximum atomic E-state index is 12.6. The highest BCUT2D eigenvalue weighted by molar-refractivity contribution is 6.37. The Bertz CT molecular complexity index is 1150. The number of anilines is 1. The van der Waals surface area contributed by atoms with E-state index in [1.165, 1.54) is 19.2 Å². The van der Waals surface area contributed by atoms with Crippen LogP contribution >= 0.6 is 23.2 Å². The van der Waals surface area contributed by atoms with Crippen molar-refractivity contribution in [2.24, 2.45) is 0 Å². The molecule has 8 heteroatoms. The van der Waals surface area contributed by atoms with Gasteiger partial charge in [0.15, 0.2) is 11.3 Å². The number of hydrogen-bond donors (Lipinski definition) is 1. The maximum Gasteiger partial charge on any atom is 0.255 e. The predicted octanol–water partition coefficient (Wildman–Crippen LogP) is 5.46. The van der Waals surface area contributed by atoms with Crippen molar-refractivity contribution in [1.82, 2.24) is 9.97 Å². The first-order valence-corrected chi connectivity index (χ1v) is 8.96. The van der Waals surface area contributed by atoms with Crippen molar-refractivity contribution in [1.29, 1.82) is 0 Å². The Hall–Kier alpha value is -3.09. The molecule has 0 bridgehead atoms. The van der Waals surface area contributed by atoms with Gasteiger partial charge in [-0.2, -0.15) is 0 Å². The number of carbonyl (C=O) groups excluding carboxylic acids is 1. The number of nitrogens with zero attached hydrogens (tertiary/aromatic N) is 2. The molecule has 0 radical (unpaired) electrons. The van der Waals surface area contributed by atoms with E-state index in [4.69, 9.17) is 32.4 Å². The van der Waals surface area contributed by atoms with E-state index in [-0.39, 0.29) is 16.0 Å². The first kappa shape index (κ1) is 18.3. The average molecular weight is 414 g/mol. The fraction of sp³-hybridized carbons (Fsp3) is 0.0500. The monoisotopic (exact) mass is 413 g/mol. The summed E-state index contributed by atoms with van der Waals surface area (Å²) < 4.78 is 10.9. The van der Waals surface area contributed by atoms with Crippen LogP contribution in [0.15, 0.2) is 59.3 Å². The van der Waals surface area contributed by atoms with Crippen LogP contribution in [0.3, 0.4) is 0 Å². The lowest BCUT2D eigenvalue weighted by molar-refractivity contribution is 0.102. The fourth-order valence-corrected chi connectivity index (χ4v) is 3.35. The van der Waals surface area contributed by atoms with Crippen molar-refractivity contribution >= 4 is 45.9 Å². The van der Waals surface area contributed by atoms with Gasteiger partial charge < -0.3 is 14.5 Å². The summed E-state index contributed by atoms with van der Waals surface area (Å²) in [5.74, 6) is 0.450. The summed E-state index contributed by atoms with van der Waals surface area (Å²) in [7, 11) is 1.46. The van der Waals surface area contributed by atoms with Crippen molar-refractivity contribution in [2.45, 2.75) is 0 Å². The number of halogens is 2. The average Bonchev–Trinajstić information content (AvgIpc) is 3.12. The van der Waals surface area contributed by atoms with Gasteiger partial charge in [0.25, 0.3) is 5.91 Å². The van der Waals surface area contributed by atoms with Gasteiger partial charge in [0.05, 0.1) is 17.2 Å². The van der Waals surface area contributed by atoms with Gasteiger partial charge in [-0.05, 0) is 42.5 Å². The second-order valence-electron chi connectivity index (χ2n) is 5.86. The van der Waals surface area contributed by atoms with E-state index in [9.17, 15) is 4.79 Å². The molecule has 4 rings (SSSR count).